The van der Waals surface area contributed by atoms with Gasteiger partial charge in [0.1, 0.15) is 0 Å². The van der Waals surface area contributed by atoms with E-state index in [1.165, 1.54) is 38.5 Å². The third-order valence-corrected chi connectivity index (χ3v) is 3.14. The number of hydrogen-bond donors (Lipinski definition) is 6. The molecule has 6 N–H and O–H groups in total. The third kappa shape index (κ3) is 63.7. The Hall–Kier alpha value is -2.49. The Morgan fingerprint density at radius 3 is 1.07 bits per heavy atom. The van der Waals surface area contributed by atoms with E-state index in [9.17, 15) is 14.4 Å². The highest BCUT2D eigenvalue weighted by atomic mass is 16.7. The summed E-state index contributed by atoms with van der Waals surface area (Å²) in [7, 11) is 0. The summed E-state index contributed by atoms with van der Waals surface area (Å²) in [5.41, 5.74) is 0. The molecule has 0 saturated carbocycles. The molecule has 0 aromatic heterocycles. The Morgan fingerprint density at radius 1 is 0.633 bits per heavy atom. The summed E-state index contributed by atoms with van der Waals surface area (Å²) in [5.74, 6) is -5.40. The van der Waals surface area contributed by atoms with Gasteiger partial charge >= 0.3 is 17.9 Å². The van der Waals surface area contributed by atoms with Gasteiger partial charge in [-0.1, -0.05) is 78.0 Å². The van der Waals surface area contributed by atoms with Crippen LogP contribution in [0.1, 0.15) is 71.1 Å². The predicted molar refractivity (Wildman–Crippen MR) is 115 cm³/mol. The van der Waals surface area contributed by atoms with E-state index in [1.54, 1.807) is 0 Å². The number of rotatable bonds is 13. The van der Waals surface area contributed by atoms with Gasteiger partial charge in [0.25, 0.3) is 5.97 Å². The van der Waals surface area contributed by atoms with E-state index in [2.05, 4.69) is 26.7 Å². The first-order valence-electron chi connectivity index (χ1n) is 9.61. The Bertz CT molecular complexity index is 423. The van der Waals surface area contributed by atoms with E-state index < -0.39 is 23.9 Å². The van der Waals surface area contributed by atoms with Crippen molar-refractivity contribution in [2.45, 2.75) is 77.1 Å². The average Bonchev–Trinajstić information content (AvgIpc) is 2.67. The molecule has 0 bridgehead atoms. The smallest absolute Gasteiger partial charge is 0.327 e. The molecule has 0 rings (SSSR count). The number of aliphatic carboxylic acids is 3. The van der Waals surface area contributed by atoms with Crippen molar-refractivity contribution >= 4 is 17.9 Å². The van der Waals surface area contributed by atoms with Crippen LogP contribution < -0.4 is 0 Å². The highest BCUT2D eigenvalue weighted by Crippen LogP contribution is 2.13. The number of carboxylic acids is 3. The molecule has 30 heavy (non-hydrogen) atoms. The first-order chi connectivity index (χ1) is 13.9. The normalized spacial score (nSPS) is 9.20. The van der Waals surface area contributed by atoms with Crippen molar-refractivity contribution in [3.05, 3.63) is 38.0 Å². The van der Waals surface area contributed by atoms with Gasteiger partial charge in [-0.25, -0.2) is 14.4 Å². The van der Waals surface area contributed by atoms with Gasteiger partial charge in [-0.3, -0.25) is 0 Å². The SMILES string of the molecule is C=CC(=O)O.C=CC(=O)O.C=CC(=O)O.CCCCCCCCCCCC(O)(O)O. The van der Waals surface area contributed by atoms with Crippen LogP contribution >= 0.6 is 0 Å². The maximum absolute atomic E-state index is 9.25. The van der Waals surface area contributed by atoms with Crippen LogP contribution in [-0.4, -0.2) is 54.5 Å². The molecule has 0 radical (unpaired) electrons. The van der Waals surface area contributed by atoms with Crippen LogP contribution in [0.4, 0.5) is 0 Å². The summed E-state index contributed by atoms with van der Waals surface area (Å²) in [5, 5.41) is 48.7. The first-order valence-corrected chi connectivity index (χ1v) is 9.61. The van der Waals surface area contributed by atoms with Gasteiger partial charge in [0.15, 0.2) is 0 Å². The zero-order chi connectivity index (χ0) is 24.4. The van der Waals surface area contributed by atoms with E-state index in [0.717, 1.165) is 31.1 Å². The van der Waals surface area contributed by atoms with E-state index in [1.807, 2.05) is 0 Å². The van der Waals surface area contributed by atoms with Gasteiger partial charge in [0.2, 0.25) is 0 Å². The number of hydrogen-bond acceptors (Lipinski definition) is 6. The monoisotopic (exact) mass is 434 g/mol. The fraction of sp³-hybridized carbons (Fsp3) is 0.571. The highest BCUT2D eigenvalue weighted by molar-refractivity contribution is 5.79. The zero-order valence-electron chi connectivity index (χ0n) is 17.8. The van der Waals surface area contributed by atoms with Crippen LogP contribution in [0.15, 0.2) is 38.0 Å². The molecule has 9 heteroatoms. The van der Waals surface area contributed by atoms with Crippen molar-refractivity contribution < 1.29 is 45.0 Å². The summed E-state index contributed by atoms with van der Waals surface area (Å²) in [6.07, 6.45) is 13.1. The summed E-state index contributed by atoms with van der Waals surface area (Å²) in [6, 6.07) is 0. The third-order valence-electron chi connectivity index (χ3n) is 3.14. The molecule has 0 aliphatic carbocycles. The largest absolute Gasteiger partial charge is 0.478 e. The van der Waals surface area contributed by atoms with Crippen molar-refractivity contribution in [2.75, 3.05) is 0 Å². The maximum atomic E-state index is 9.25. The molecule has 0 aromatic rings. The van der Waals surface area contributed by atoms with Crippen molar-refractivity contribution in [1.29, 1.82) is 0 Å². The Labute approximate surface area is 178 Å². The van der Waals surface area contributed by atoms with Crippen LogP contribution in [0, 0.1) is 0 Å². The van der Waals surface area contributed by atoms with Gasteiger partial charge in [-0.05, 0) is 6.42 Å². The quantitative estimate of drug-likeness (QED) is 0.144. The van der Waals surface area contributed by atoms with Crippen molar-refractivity contribution in [3.63, 3.8) is 0 Å². The molecule has 0 spiro atoms. The van der Waals surface area contributed by atoms with Crippen LogP contribution in [-0.2, 0) is 14.4 Å². The minimum atomic E-state index is -2.46. The van der Waals surface area contributed by atoms with Crippen molar-refractivity contribution in [1.82, 2.24) is 0 Å². The maximum Gasteiger partial charge on any atom is 0.327 e. The van der Waals surface area contributed by atoms with Gasteiger partial charge in [0, 0.05) is 24.6 Å². The van der Waals surface area contributed by atoms with E-state index in [0.29, 0.717) is 6.42 Å². The molecule has 0 saturated heterocycles. The zero-order valence-corrected chi connectivity index (χ0v) is 17.8. The van der Waals surface area contributed by atoms with Crippen molar-refractivity contribution in [2.24, 2.45) is 0 Å². The van der Waals surface area contributed by atoms with E-state index in [4.69, 9.17) is 30.6 Å². The highest BCUT2D eigenvalue weighted by Gasteiger charge is 2.16. The van der Waals surface area contributed by atoms with E-state index in [-0.39, 0.29) is 6.42 Å². The fourth-order valence-corrected chi connectivity index (χ4v) is 1.67. The van der Waals surface area contributed by atoms with Gasteiger partial charge < -0.3 is 30.6 Å². The molecule has 0 atom stereocenters. The lowest BCUT2D eigenvalue weighted by molar-refractivity contribution is -0.315. The minimum absolute atomic E-state index is 0.0584. The second kappa shape index (κ2) is 26.5. The molecule has 0 amide bonds. The Balaban J connectivity index is -0.000000184. The van der Waals surface area contributed by atoms with Crippen LogP contribution in [0.3, 0.4) is 0 Å². The average molecular weight is 435 g/mol. The standard InChI is InChI=1S/C12H26O3.3C3H4O2/c1-2-3-4-5-6-7-8-9-10-11-12(13,14)15;3*1-2-3(4)5/h13-15H,2-11H2,1H3;3*2H,1H2,(H,4,5). The molecule has 176 valence electrons. The van der Waals surface area contributed by atoms with Crippen LogP contribution in [0.25, 0.3) is 0 Å². The summed E-state index contributed by atoms with van der Waals surface area (Å²) in [6.45, 7) is 11.1. The van der Waals surface area contributed by atoms with Crippen LogP contribution in [0.5, 0.6) is 0 Å². The molecule has 0 heterocycles. The fourth-order valence-electron chi connectivity index (χ4n) is 1.67. The molecule has 0 unspecified atom stereocenters. The lowest BCUT2D eigenvalue weighted by Crippen LogP contribution is -2.26. The lowest BCUT2D eigenvalue weighted by atomic mass is 10.1. The molecule has 9 nitrogen and oxygen atoms in total. The van der Waals surface area contributed by atoms with Gasteiger partial charge in [-0.15, -0.1) is 0 Å². The number of carbonyl (C=O) groups is 3. The lowest BCUT2D eigenvalue weighted by Gasteiger charge is -2.12. The van der Waals surface area contributed by atoms with Gasteiger partial charge in [0.05, 0.1) is 0 Å². The topological polar surface area (TPSA) is 173 Å². The minimum Gasteiger partial charge on any atom is -0.478 e. The first kappa shape index (κ1) is 35.0. The van der Waals surface area contributed by atoms with Crippen molar-refractivity contribution in [3.8, 4) is 0 Å². The molecular weight excluding hydrogens is 396 g/mol. The second-order valence-electron chi connectivity index (χ2n) is 5.98. The molecule has 0 aliphatic rings. The number of unbranched alkanes of at least 4 members (excludes halogenated alkanes) is 8. The summed E-state index contributed by atoms with van der Waals surface area (Å²) in [4.78, 5) is 27.8. The van der Waals surface area contributed by atoms with Gasteiger partial charge in [-0.2, -0.15) is 0 Å². The number of aliphatic hydroxyl groups is 3. The summed E-state index contributed by atoms with van der Waals surface area (Å²) < 4.78 is 0. The Morgan fingerprint density at radius 2 is 0.867 bits per heavy atom. The predicted octanol–water partition coefficient (Wildman–Crippen LogP) is 3.31. The molecule has 0 aromatic carbocycles. The number of carboxylic acid groups (broad SMARTS) is 3. The molecule has 0 aliphatic heterocycles. The molecular formula is C21H38O9. The molecule has 0 fully saturated rings. The van der Waals surface area contributed by atoms with Crippen LogP contribution in [0.2, 0.25) is 0 Å². The second-order valence-corrected chi connectivity index (χ2v) is 5.98. The summed E-state index contributed by atoms with van der Waals surface area (Å²) >= 11 is 0. The Kier molecular flexibility index (Phi) is 30.9. The van der Waals surface area contributed by atoms with E-state index >= 15 is 0 Å².